The second kappa shape index (κ2) is 4.63. The Morgan fingerprint density at radius 2 is 2.00 bits per heavy atom. The van der Waals surface area contributed by atoms with Crippen molar-refractivity contribution in [3.63, 3.8) is 0 Å². The van der Waals surface area contributed by atoms with Crippen molar-refractivity contribution >= 4 is 23.2 Å². The van der Waals surface area contributed by atoms with E-state index >= 15 is 0 Å². The molecule has 4 heteroatoms. The first-order valence-electron chi connectivity index (χ1n) is 5.30. The number of H-pyrrole nitrogens is 1. The fourth-order valence-electron chi connectivity index (χ4n) is 1.71. The Balaban J connectivity index is 2.23. The van der Waals surface area contributed by atoms with Crippen molar-refractivity contribution < 1.29 is 4.79 Å². The number of aryl methyl sites for hydroxylation is 2. The molecule has 1 aromatic carbocycles. The molecule has 2 rings (SSSR count). The quantitative estimate of drug-likeness (QED) is 0.839. The molecule has 0 bridgehead atoms. The van der Waals surface area contributed by atoms with E-state index in [1.807, 2.05) is 32.0 Å². The summed E-state index contributed by atoms with van der Waals surface area (Å²) in [6, 6.07) is 8.99. The molecule has 0 saturated heterocycles. The number of aromatic nitrogens is 1. The maximum absolute atomic E-state index is 12.0. The summed E-state index contributed by atoms with van der Waals surface area (Å²) in [7, 11) is 0. The van der Waals surface area contributed by atoms with Crippen molar-refractivity contribution in [3.8, 4) is 0 Å². The molecule has 0 aliphatic heterocycles. The van der Waals surface area contributed by atoms with E-state index in [0.717, 1.165) is 11.4 Å². The second-order valence-electron chi connectivity index (χ2n) is 3.92. The summed E-state index contributed by atoms with van der Waals surface area (Å²) in [6.07, 6.45) is 0. The summed E-state index contributed by atoms with van der Waals surface area (Å²) in [5, 5.41) is 3.32. The predicted molar refractivity (Wildman–Crippen MR) is 69.7 cm³/mol. The van der Waals surface area contributed by atoms with Crippen molar-refractivity contribution in [2.75, 3.05) is 5.32 Å². The SMILES string of the molecule is Cc1cc(C(=O)Nc2ccccc2Cl)c(C)[nH]1. The van der Waals surface area contributed by atoms with Gasteiger partial charge < -0.3 is 10.3 Å². The summed E-state index contributed by atoms with van der Waals surface area (Å²) < 4.78 is 0. The number of aromatic amines is 1. The number of rotatable bonds is 2. The Morgan fingerprint density at radius 1 is 1.29 bits per heavy atom. The van der Waals surface area contributed by atoms with Gasteiger partial charge in [0, 0.05) is 11.4 Å². The van der Waals surface area contributed by atoms with E-state index in [0.29, 0.717) is 16.3 Å². The molecule has 0 fully saturated rings. The summed E-state index contributed by atoms with van der Waals surface area (Å²) in [4.78, 5) is 15.1. The van der Waals surface area contributed by atoms with E-state index in [-0.39, 0.29) is 5.91 Å². The van der Waals surface area contributed by atoms with Crippen LogP contribution in [0.1, 0.15) is 21.7 Å². The normalized spacial score (nSPS) is 10.3. The second-order valence-corrected chi connectivity index (χ2v) is 4.33. The summed E-state index contributed by atoms with van der Waals surface area (Å²) >= 11 is 5.98. The van der Waals surface area contributed by atoms with E-state index in [1.165, 1.54) is 0 Å². The van der Waals surface area contributed by atoms with Crippen LogP contribution in [0.4, 0.5) is 5.69 Å². The Hall–Kier alpha value is -1.74. The van der Waals surface area contributed by atoms with Gasteiger partial charge in [-0.1, -0.05) is 23.7 Å². The average Bonchev–Trinajstić information content (AvgIpc) is 2.61. The molecule has 1 heterocycles. The maximum Gasteiger partial charge on any atom is 0.257 e. The highest BCUT2D eigenvalue weighted by Gasteiger charge is 2.12. The molecule has 0 saturated carbocycles. The molecule has 1 amide bonds. The van der Waals surface area contributed by atoms with Crippen LogP contribution in [0.2, 0.25) is 5.02 Å². The van der Waals surface area contributed by atoms with Gasteiger partial charge in [-0.15, -0.1) is 0 Å². The van der Waals surface area contributed by atoms with Gasteiger partial charge in [0.2, 0.25) is 0 Å². The molecule has 17 heavy (non-hydrogen) atoms. The van der Waals surface area contributed by atoms with E-state index in [1.54, 1.807) is 12.1 Å². The molecule has 0 aliphatic carbocycles. The number of hydrogen-bond acceptors (Lipinski definition) is 1. The van der Waals surface area contributed by atoms with Crippen LogP contribution in [-0.4, -0.2) is 10.9 Å². The number of nitrogens with one attached hydrogen (secondary N) is 2. The predicted octanol–water partition coefficient (Wildman–Crippen LogP) is 3.54. The Bertz CT molecular complexity index is 560. The Labute approximate surface area is 105 Å². The minimum Gasteiger partial charge on any atom is -0.362 e. The lowest BCUT2D eigenvalue weighted by atomic mass is 10.2. The van der Waals surface area contributed by atoms with Crippen LogP contribution in [0.25, 0.3) is 0 Å². The first-order valence-corrected chi connectivity index (χ1v) is 5.68. The lowest BCUT2D eigenvalue weighted by molar-refractivity contribution is 0.102. The van der Waals surface area contributed by atoms with Crippen LogP contribution >= 0.6 is 11.6 Å². The number of carbonyl (C=O) groups excluding carboxylic acids is 1. The molecule has 88 valence electrons. The van der Waals surface area contributed by atoms with Crippen LogP contribution in [0.3, 0.4) is 0 Å². The van der Waals surface area contributed by atoms with E-state index in [2.05, 4.69) is 10.3 Å². The van der Waals surface area contributed by atoms with Crippen molar-refractivity contribution in [2.24, 2.45) is 0 Å². The van der Waals surface area contributed by atoms with Gasteiger partial charge in [-0.05, 0) is 32.0 Å². The highest BCUT2D eigenvalue weighted by Crippen LogP contribution is 2.21. The molecule has 1 aromatic heterocycles. The van der Waals surface area contributed by atoms with Crippen LogP contribution in [0.15, 0.2) is 30.3 Å². The fraction of sp³-hybridized carbons (Fsp3) is 0.154. The number of amides is 1. The third kappa shape index (κ3) is 2.50. The maximum atomic E-state index is 12.0. The third-order valence-corrected chi connectivity index (χ3v) is 2.85. The van der Waals surface area contributed by atoms with Crippen molar-refractivity contribution in [2.45, 2.75) is 13.8 Å². The number of benzene rings is 1. The van der Waals surface area contributed by atoms with Crippen molar-refractivity contribution in [1.82, 2.24) is 4.98 Å². The zero-order valence-corrected chi connectivity index (χ0v) is 10.4. The highest BCUT2D eigenvalue weighted by atomic mass is 35.5. The van der Waals surface area contributed by atoms with Crippen LogP contribution in [0.5, 0.6) is 0 Å². The van der Waals surface area contributed by atoms with Gasteiger partial charge in [-0.2, -0.15) is 0 Å². The monoisotopic (exact) mass is 248 g/mol. The van der Waals surface area contributed by atoms with E-state index in [9.17, 15) is 4.79 Å². The lowest BCUT2D eigenvalue weighted by Crippen LogP contribution is -2.12. The first-order chi connectivity index (χ1) is 8.08. The van der Waals surface area contributed by atoms with Gasteiger partial charge in [0.25, 0.3) is 5.91 Å². The number of carbonyl (C=O) groups is 1. The topological polar surface area (TPSA) is 44.9 Å². The van der Waals surface area contributed by atoms with Crippen LogP contribution in [-0.2, 0) is 0 Å². The minimum atomic E-state index is -0.153. The fourth-order valence-corrected chi connectivity index (χ4v) is 1.89. The molecular weight excluding hydrogens is 236 g/mol. The smallest absolute Gasteiger partial charge is 0.257 e. The standard InChI is InChI=1S/C13H13ClN2O/c1-8-7-10(9(2)15-8)13(17)16-12-6-4-3-5-11(12)14/h3-7,15H,1-2H3,(H,16,17). The molecule has 3 nitrogen and oxygen atoms in total. The summed E-state index contributed by atoms with van der Waals surface area (Å²) in [5.41, 5.74) is 3.08. The van der Waals surface area contributed by atoms with Gasteiger partial charge in [0.1, 0.15) is 0 Å². The summed E-state index contributed by atoms with van der Waals surface area (Å²) in [6.45, 7) is 3.79. The molecular formula is C13H13ClN2O. The van der Waals surface area contributed by atoms with E-state index < -0.39 is 0 Å². The molecule has 2 N–H and O–H groups in total. The molecule has 2 aromatic rings. The van der Waals surface area contributed by atoms with Crippen molar-refractivity contribution in [1.29, 1.82) is 0 Å². The van der Waals surface area contributed by atoms with Crippen molar-refractivity contribution in [3.05, 3.63) is 52.3 Å². The van der Waals surface area contributed by atoms with E-state index in [4.69, 9.17) is 11.6 Å². The van der Waals surface area contributed by atoms with Gasteiger partial charge in [0.05, 0.1) is 16.3 Å². The minimum absolute atomic E-state index is 0.153. The number of anilines is 1. The highest BCUT2D eigenvalue weighted by molar-refractivity contribution is 6.33. The number of halogens is 1. The molecule has 0 radical (unpaired) electrons. The van der Waals surface area contributed by atoms with Gasteiger partial charge >= 0.3 is 0 Å². The number of hydrogen-bond donors (Lipinski definition) is 2. The molecule has 0 spiro atoms. The lowest BCUT2D eigenvalue weighted by Gasteiger charge is -2.06. The molecule has 0 unspecified atom stereocenters. The first kappa shape index (κ1) is 11.7. The average molecular weight is 249 g/mol. The number of para-hydroxylation sites is 1. The Morgan fingerprint density at radius 3 is 2.59 bits per heavy atom. The molecule has 0 aliphatic rings. The Kier molecular flexibility index (Phi) is 3.20. The molecule has 0 atom stereocenters. The zero-order chi connectivity index (χ0) is 12.4. The van der Waals surface area contributed by atoms with Gasteiger partial charge in [0.15, 0.2) is 0 Å². The van der Waals surface area contributed by atoms with Gasteiger partial charge in [-0.3, -0.25) is 4.79 Å². The third-order valence-electron chi connectivity index (χ3n) is 2.52. The van der Waals surface area contributed by atoms with Gasteiger partial charge in [-0.25, -0.2) is 0 Å². The zero-order valence-electron chi connectivity index (χ0n) is 9.67. The summed E-state index contributed by atoms with van der Waals surface area (Å²) in [5.74, 6) is -0.153. The van der Waals surface area contributed by atoms with Crippen LogP contribution < -0.4 is 5.32 Å². The largest absolute Gasteiger partial charge is 0.362 e. The van der Waals surface area contributed by atoms with Crippen LogP contribution in [0, 0.1) is 13.8 Å².